The summed E-state index contributed by atoms with van der Waals surface area (Å²) in [6.07, 6.45) is -1.59. The number of ketones is 1. The zero-order valence-electron chi connectivity index (χ0n) is 8.02. The number of ether oxygens (including phenoxy) is 1. The number of methoxy groups -OCH3 is 1. The standard InChI is InChI=1S/C10H12O4/c1-6(11)7-3-4-8(10(12)13)9(5-7)14-2/h3-5,10,12-13H,1-2H3. The summed E-state index contributed by atoms with van der Waals surface area (Å²) in [7, 11) is 1.41. The fourth-order valence-electron chi connectivity index (χ4n) is 1.14. The maximum atomic E-state index is 11.0. The Morgan fingerprint density at radius 3 is 2.50 bits per heavy atom. The van der Waals surface area contributed by atoms with Crippen LogP contribution in [-0.2, 0) is 0 Å². The molecule has 0 aliphatic heterocycles. The van der Waals surface area contributed by atoms with E-state index < -0.39 is 6.29 Å². The maximum Gasteiger partial charge on any atom is 0.182 e. The monoisotopic (exact) mass is 196 g/mol. The van der Waals surface area contributed by atoms with Gasteiger partial charge in [-0.05, 0) is 19.1 Å². The van der Waals surface area contributed by atoms with E-state index in [-0.39, 0.29) is 11.3 Å². The van der Waals surface area contributed by atoms with Crippen LogP contribution >= 0.6 is 0 Å². The SMILES string of the molecule is COc1cc(C(C)=O)ccc1C(O)O. The molecule has 0 radical (unpaired) electrons. The molecule has 2 N–H and O–H groups in total. The van der Waals surface area contributed by atoms with E-state index in [0.717, 1.165) is 0 Å². The lowest BCUT2D eigenvalue weighted by Crippen LogP contribution is -2.01. The molecule has 0 heterocycles. The van der Waals surface area contributed by atoms with Crippen molar-refractivity contribution >= 4 is 5.78 Å². The van der Waals surface area contributed by atoms with Crippen molar-refractivity contribution in [1.29, 1.82) is 0 Å². The van der Waals surface area contributed by atoms with Gasteiger partial charge in [0.15, 0.2) is 12.1 Å². The zero-order chi connectivity index (χ0) is 10.7. The predicted molar refractivity (Wildman–Crippen MR) is 50.2 cm³/mol. The molecule has 0 bridgehead atoms. The number of rotatable bonds is 3. The van der Waals surface area contributed by atoms with Crippen molar-refractivity contribution in [2.75, 3.05) is 7.11 Å². The van der Waals surface area contributed by atoms with E-state index >= 15 is 0 Å². The van der Waals surface area contributed by atoms with Crippen LogP contribution in [0.3, 0.4) is 0 Å². The van der Waals surface area contributed by atoms with Crippen molar-refractivity contribution in [2.45, 2.75) is 13.2 Å². The highest BCUT2D eigenvalue weighted by atomic mass is 16.5. The number of hydrogen-bond donors (Lipinski definition) is 2. The van der Waals surface area contributed by atoms with Crippen LogP contribution in [0.5, 0.6) is 5.75 Å². The molecule has 14 heavy (non-hydrogen) atoms. The van der Waals surface area contributed by atoms with Gasteiger partial charge in [-0.2, -0.15) is 0 Å². The predicted octanol–water partition coefficient (Wildman–Crippen LogP) is 0.881. The number of carbonyl (C=O) groups excluding carboxylic acids is 1. The summed E-state index contributed by atoms with van der Waals surface area (Å²) in [5.41, 5.74) is 0.726. The summed E-state index contributed by atoms with van der Waals surface area (Å²) in [4.78, 5) is 11.0. The van der Waals surface area contributed by atoms with Gasteiger partial charge in [-0.3, -0.25) is 4.79 Å². The van der Waals surface area contributed by atoms with Gasteiger partial charge in [0.05, 0.1) is 7.11 Å². The molecule has 1 aromatic rings. The summed E-state index contributed by atoms with van der Waals surface area (Å²) in [6.45, 7) is 1.43. The highest BCUT2D eigenvalue weighted by Crippen LogP contribution is 2.25. The van der Waals surface area contributed by atoms with Gasteiger partial charge in [0.25, 0.3) is 0 Å². The van der Waals surface area contributed by atoms with Crippen LogP contribution in [0.2, 0.25) is 0 Å². The highest BCUT2D eigenvalue weighted by Gasteiger charge is 2.11. The van der Waals surface area contributed by atoms with Crippen molar-refractivity contribution in [1.82, 2.24) is 0 Å². The second-order valence-electron chi connectivity index (χ2n) is 2.89. The van der Waals surface area contributed by atoms with E-state index in [0.29, 0.717) is 11.3 Å². The molecular formula is C10H12O4. The molecule has 1 aromatic carbocycles. The van der Waals surface area contributed by atoms with Gasteiger partial charge < -0.3 is 14.9 Å². The fourth-order valence-corrected chi connectivity index (χ4v) is 1.14. The molecule has 0 saturated heterocycles. The van der Waals surface area contributed by atoms with Crippen LogP contribution in [0.25, 0.3) is 0 Å². The van der Waals surface area contributed by atoms with Gasteiger partial charge in [-0.1, -0.05) is 6.07 Å². The minimum atomic E-state index is -1.59. The van der Waals surface area contributed by atoms with Gasteiger partial charge in [0, 0.05) is 11.1 Å². The lowest BCUT2D eigenvalue weighted by molar-refractivity contribution is -0.0439. The lowest BCUT2D eigenvalue weighted by atomic mass is 10.1. The van der Waals surface area contributed by atoms with Crippen molar-refractivity contribution in [3.8, 4) is 5.75 Å². The number of benzene rings is 1. The van der Waals surface area contributed by atoms with Gasteiger partial charge in [-0.15, -0.1) is 0 Å². The normalized spacial score (nSPS) is 10.4. The van der Waals surface area contributed by atoms with Gasteiger partial charge in [0.1, 0.15) is 5.75 Å². The van der Waals surface area contributed by atoms with E-state index in [9.17, 15) is 4.79 Å². The summed E-state index contributed by atoms with van der Waals surface area (Å²) >= 11 is 0. The molecule has 0 fully saturated rings. The minimum Gasteiger partial charge on any atom is -0.496 e. The Hall–Kier alpha value is -1.39. The van der Waals surface area contributed by atoms with E-state index in [1.807, 2.05) is 0 Å². The number of hydrogen-bond acceptors (Lipinski definition) is 4. The van der Waals surface area contributed by atoms with Crippen LogP contribution in [0.1, 0.15) is 29.1 Å². The lowest BCUT2D eigenvalue weighted by Gasteiger charge is -2.10. The Labute approximate surface area is 81.8 Å². The third-order valence-corrected chi connectivity index (χ3v) is 1.92. The maximum absolute atomic E-state index is 11.0. The molecule has 4 heteroatoms. The van der Waals surface area contributed by atoms with Crippen LogP contribution in [0.15, 0.2) is 18.2 Å². The van der Waals surface area contributed by atoms with Crippen LogP contribution < -0.4 is 4.74 Å². The van der Waals surface area contributed by atoms with Crippen molar-refractivity contribution < 1.29 is 19.7 Å². The number of Topliss-reactive ketones (excluding diaryl/α,β-unsaturated/α-hetero) is 1. The molecule has 0 saturated carbocycles. The molecule has 0 aliphatic rings. The van der Waals surface area contributed by atoms with Gasteiger partial charge in [0.2, 0.25) is 0 Å². The van der Waals surface area contributed by atoms with Crippen molar-refractivity contribution in [3.63, 3.8) is 0 Å². The summed E-state index contributed by atoms with van der Waals surface area (Å²) in [5.74, 6) is 0.204. The molecule has 0 atom stereocenters. The van der Waals surface area contributed by atoms with E-state index in [1.54, 1.807) is 0 Å². The van der Waals surface area contributed by atoms with Gasteiger partial charge in [-0.25, -0.2) is 0 Å². The Bertz CT molecular complexity index is 344. The van der Waals surface area contributed by atoms with E-state index in [4.69, 9.17) is 14.9 Å². The first kappa shape index (κ1) is 10.7. The van der Waals surface area contributed by atoms with Crippen molar-refractivity contribution in [2.24, 2.45) is 0 Å². The van der Waals surface area contributed by atoms with Crippen LogP contribution in [0, 0.1) is 0 Å². The first-order valence-corrected chi connectivity index (χ1v) is 4.11. The third kappa shape index (κ3) is 2.10. The molecule has 0 amide bonds. The van der Waals surface area contributed by atoms with E-state index in [2.05, 4.69) is 0 Å². The highest BCUT2D eigenvalue weighted by molar-refractivity contribution is 5.94. The first-order chi connectivity index (χ1) is 6.56. The fraction of sp³-hybridized carbons (Fsp3) is 0.300. The molecule has 0 aliphatic carbocycles. The van der Waals surface area contributed by atoms with Gasteiger partial charge >= 0.3 is 0 Å². The zero-order valence-corrected chi connectivity index (χ0v) is 8.02. The number of aliphatic hydroxyl groups is 2. The van der Waals surface area contributed by atoms with Crippen LogP contribution in [-0.4, -0.2) is 23.1 Å². The second kappa shape index (κ2) is 4.21. The molecule has 1 rings (SSSR count). The Kier molecular flexibility index (Phi) is 3.22. The summed E-state index contributed by atoms with van der Waals surface area (Å²) in [5, 5.41) is 17.9. The summed E-state index contributed by atoms with van der Waals surface area (Å²) < 4.78 is 4.93. The molecule has 0 aromatic heterocycles. The second-order valence-corrected chi connectivity index (χ2v) is 2.89. The summed E-state index contributed by atoms with van der Waals surface area (Å²) in [6, 6.07) is 4.47. The first-order valence-electron chi connectivity index (χ1n) is 4.11. The average molecular weight is 196 g/mol. The quantitative estimate of drug-likeness (QED) is 0.556. The van der Waals surface area contributed by atoms with Crippen LogP contribution in [0.4, 0.5) is 0 Å². The van der Waals surface area contributed by atoms with Crippen molar-refractivity contribution in [3.05, 3.63) is 29.3 Å². The topological polar surface area (TPSA) is 66.8 Å². The molecule has 0 spiro atoms. The number of aliphatic hydroxyl groups excluding tert-OH is 1. The molecule has 4 nitrogen and oxygen atoms in total. The smallest absolute Gasteiger partial charge is 0.182 e. The Morgan fingerprint density at radius 2 is 2.07 bits per heavy atom. The third-order valence-electron chi connectivity index (χ3n) is 1.92. The average Bonchev–Trinajstić information content (AvgIpc) is 2.16. The minimum absolute atomic E-state index is 0.0951. The number of carbonyl (C=O) groups is 1. The molecular weight excluding hydrogens is 184 g/mol. The van der Waals surface area contributed by atoms with E-state index in [1.165, 1.54) is 32.2 Å². The Balaban J connectivity index is 3.18. The largest absolute Gasteiger partial charge is 0.496 e. The molecule has 76 valence electrons. The molecule has 0 unspecified atom stereocenters. The Morgan fingerprint density at radius 1 is 1.43 bits per heavy atom.